The number of nitrogens with two attached hydrogens (primary N) is 1. The SMILES string of the molecule is Nc1ccc(C(=O)Nc2ccc3c(c2)C=C(S(=O)(=O)[O-])C(=NNc2ccc(C(=O)Nc4ccc(N=NC5C(=O)N(c6ccccc6)N=C5C(=O)[O-])cc4)cc2)C3=O)cc1.[Na+].[Na+]. The quantitative estimate of drug-likeness (QED) is 0.0369. The number of fused-ring (bicyclic) bond motifs is 1. The maximum atomic E-state index is 13.4. The Kier molecular flexibility index (Phi) is 14.7. The van der Waals surface area contributed by atoms with Crippen molar-refractivity contribution < 1.29 is 101 Å². The number of nitrogens with zero attached hydrogens (tertiary/aromatic N) is 5. The van der Waals surface area contributed by atoms with Crippen LogP contribution < -0.4 is 91.0 Å². The largest absolute Gasteiger partial charge is 1.00 e. The molecule has 2 aliphatic rings. The third-order valence-corrected chi connectivity index (χ3v) is 9.56. The number of benzene rings is 5. The molecular formula is C40H27N9Na2O9S. The molecule has 294 valence electrons. The molecule has 0 aromatic heterocycles. The summed E-state index contributed by atoms with van der Waals surface area (Å²) in [5, 5.41) is 33.6. The number of carboxylic acid groups (broad SMARTS) is 1. The zero-order valence-corrected chi connectivity index (χ0v) is 36.9. The van der Waals surface area contributed by atoms with Gasteiger partial charge in [-0.2, -0.15) is 25.4 Å². The number of rotatable bonds is 11. The summed E-state index contributed by atoms with van der Waals surface area (Å²) in [5.74, 6) is -4.26. The van der Waals surface area contributed by atoms with Crippen molar-refractivity contribution in [2.24, 2.45) is 20.4 Å². The first-order valence-electron chi connectivity index (χ1n) is 17.2. The van der Waals surface area contributed by atoms with E-state index in [1.807, 2.05) is 0 Å². The number of para-hydroxylation sites is 1. The Morgan fingerprint density at radius 1 is 0.754 bits per heavy atom. The van der Waals surface area contributed by atoms with Crippen molar-refractivity contribution in [2.45, 2.75) is 6.04 Å². The van der Waals surface area contributed by atoms with E-state index in [4.69, 9.17) is 5.73 Å². The number of carbonyl (C=O) groups excluding carboxylic acids is 5. The van der Waals surface area contributed by atoms with Crippen LogP contribution in [0, 0.1) is 0 Å². The number of hydrogen-bond donors (Lipinski definition) is 4. The first-order chi connectivity index (χ1) is 28.2. The number of carboxylic acids is 1. The standard InChI is InChI=1S/C40H29N9O9S.2Na/c41-25-10-6-22(7-11-25)38(52)43-29-18-19-31-24(20-29)21-32(59(56,57)58)33(36(31)50)46-44-27-12-8-23(9-13-27)37(51)42-26-14-16-28(17-15-26)45-47-34-35(40(54)55)48-49(39(34)53)30-4-2-1-3-5-30;;/h1-21,34,44H,41H2,(H,42,51)(H,43,52)(H,54,55)(H,56,57,58);;/q;2*+1/p-2. The molecule has 1 atom stereocenters. The van der Waals surface area contributed by atoms with Crippen molar-refractivity contribution in [3.63, 3.8) is 0 Å². The van der Waals surface area contributed by atoms with Gasteiger partial charge < -0.3 is 30.8 Å². The number of aliphatic carboxylic acids is 1. The van der Waals surface area contributed by atoms with Gasteiger partial charge in [-0.05, 0) is 115 Å². The maximum Gasteiger partial charge on any atom is 1.00 e. The van der Waals surface area contributed by atoms with Crippen LogP contribution in [-0.2, 0) is 19.7 Å². The zero-order valence-electron chi connectivity index (χ0n) is 32.1. The van der Waals surface area contributed by atoms with Gasteiger partial charge in [-0.25, -0.2) is 8.42 Å². The van der Waals surface area contributed by atoms with Gasteiger partial charge in [0.25, 0.3) is 17.7 Å². The Balaban J connectivity index is 0.00000352. The van der Waals surface area contributed by atoms with Crippen molar-refractivity contribution in [1.82, 2.24) is 0 Å². The third kappa shape index (κ3) is 10.6. The van der Waals surface area contributed by atoms with Crippen LogP contribution in [0.1, 0.15) is 36.6 Å². The molecule has 21 heteroatoms. The fraction of sp³-hybridized carbons (Fsp3) is 0.0250. The van der Waals surface area contributed by atoms with Gasteiger partial charge in [0.15, 0.2) is 6.04 Å². The molecule has 7 rings (SSSR count). The third-order valence-electron chi connectivity index (χ3n) is 8.71. The van der Waals surface area contributed by atoms with Crippen LogP contribution in [0.3, 0.4) is 0 Å². The Hall–Kier alpha value is -6.16. The summed E-state index contributed by atoms with van der Waals surface area (Å²) in [4.78, 5) is 62.7. The van der Waals surface area contributed by atoms with Gasteiger partial charge in [-0.15, -0.1) is 0 Å². The normalized spacial score (nSPS) is 15.2. The monoisotopic (exact) mass is 855 g/mol. The van der Waals surface area contributed by atoms with E-state index in [0.717, 1.165) is 11.1 Å². The number of hydrogen-bond acceptors (Lipinski definition) is 15. The molecule has 1 heterocycles. The molecule has 0 saturated carbocycles. The molecule has 0 bridgehead atoms. The number of ketones is 1. The van der Waals surface area contributed by atoms with Crippen LogP contribution in [-0.4, -0.2) is 59.9 Å². The number of amides is 3. The molecule has 5 aromatic rings. The fourth-order valence-corrected chi connectivity index (χ4v) is 6.41. The average Bonchev–Trinajstić information content (AvgIpc) is 3.56. The van der Waals surface area contributed by atoms with Crippen LogP contribution in [0.4, 0.5) is 34.1 Å². The number of allylic oxidation sites excluding steroid dienone is 1. The Morgan fingerprint density at radius 2 is 1.33 bits per heavy atom. The predicted molar refractivity (Wildman–Crippen MR) is 214 cm³/mol. The predicted octanol–water partition coefficient (Wildman–Crippen LogP) is -2.06. The molecule has 0 saturated heterocycles. The number of nitrogens with one attached hydrogen (secondary N) is 3. The number of azo groups is 1. The number of carbonyl (C=O) groups is 5. The zero-order chi connectivity index (χ0) is 41.8. The molecule has 5 N–H and O–H groups in total. The van der Waals surface area contributed by atoms with E-state index in [9.17, 15) is 42.0 Å². The van der Waals surface area contributed by atoms with Crippen LogP contribution in [0.2, 0.25) is 0 Å². The molecule has 18 nitrogen and oxygen atoms in total. The molecule has 0 radical (unpaired) electrons. The minimum absolute atomic E-state index is 0. The second-order valence-corrected chi connectivity index (χ2v) is 14.0. The fourth-order valence-electron chi connectivity index (χ4n) is 5.76. The second kappa shape index (κ2) is 19.5. The van der Waals surface area contributed by atoms with Gasteiger partial charge in [-0.3, -0.25) is 24.6 Å². The topological polar surface area (TPSA) is 280 Å². The molecule has 1 aliphatic heterocycles. The summed E-state index contributed by atoms with van der Waals surface area (Å²) in [6.07, 6.45) is 0.999. The van der Waals surface area contributed by atoms with Crippen LogP contribution in [0.5, 0.6) is 0 Å². The minimum atomic E-state index is -5.20. The van der Waals surface area contributed by atoms with Crippen LogP contribution >= 0.6 is 0 Å². The number of nitrogen functional groups attached to an aromatic ring is 1. The van der Waals surface area contributed by atoms with E-state index >= 15 is 0 Å². The first kappa shape index (κ1) is 45.9. The van der Waals surface area contributed by atoms with Crippen molar-refractivity contribution in [3.05, 3.63) is 148 Å². The first-order valence-corrected chi connectivity index (χ1v) is 18.6. The van der Waals surface area contributed by atoms with Crippen molar-refractivity contribution in [3.8, 4) is 0 Å². The maximum absolute atomic E-state index is 13.4. The van der Waals surface area contributed by atoms with Gasteiger partial charge in [0.05, 0.1) is 27.9 Å². The number of hydrazone groups is 2. The van der Waals surface area contributed by atoms with Gasteiger partial charge in [-0.1, -0.05) is 18.2 Å². The molecule has 0 spiro atoms. The molecule has 3 amide bonds. The van der Waals surface area contributed by atoms with Gasteiger partial charge >= 0.3 is 59.1 Å². The van der Waals surface area contributed by atoms with Gasteiger partial charge in [0, 0.05) is 33.8 Å². The second-order valence-electron chi connectivity index (χ2n) is 12.7. The smallest absolute Gasteiger partial charge is 0.744 e. The van der Waals surface area contributed by atoms with E-state index in [0.29, 0.717) is 22.6 Å². The summed E-state index contributed by atoms with van der Waals surface area (Å²) >= 11 is 0. The van der Waals surface area contributed by atoms with Crippen LogP contribution in [0.25, 0.3) is 6.08 Å². The Bertz CT molecular complexity index is 2780. The molecular weight excluding hydrogens is 829 g/mol. The molecule has 61 heavy (non-hydrogen) atoms. The van der Waals surface area contributed by atoms with E-state index in [1.54, 1.807) is 42.5 Å². The van der Waals surface area contributed by atoms with Crippen molar-refractivity contribution in [2.75, 3.05) is 26.8 Å². The summed E-state index contributed by atoms with van der Waals surface area (Å²) in [7, 11) is -5.20. The molecule has 5 aromatic carbocycles. The van der Waals surface area contributed by atoms with E-state index in [1.165, 1.54) is 78.9 Å². The number of Topliss-reactive ketones (excluding diaryl/α,β-unsaturated/α-hetero) is 1. The van der Waals surface area contributed by atoms with E-state index in [-0.39, 0.29) is 92.9 Å². The van der Waals surface area contributed by atoms with Crippen molar-refractivity contribution >= 4 is 91.2 Å². The summed E-state index contributed by atoms with van der Waals surface area (Å²) in [5.41, 5.74) is 9.47. The van der Waals surface area contributed by atoms with E-state index in [2.05, 4.69) is 36.5 Å². The summed E-state index contributed by atoms with van der Waals surface area (Å²) in [6.45, 7) is 0. The summed E-state index contributed by atoms with van der Waals surface area (Å²) < 4.78 is 36.8. The Labute approximate surface area is 391 Å². The Morgan fingerprint density at radius 3 is 1.93 bits per heavy atom. The summed E-state index contributed by atoms with van der Waals surface area (Å²) in [6, 6.07) is 28.6. The van der Waals surface area contributed by atoms with Gasteiger partial charge in [0.1, 0.15) is 21.5 Å². The molecule has 1 aliphatic carbocycles. The van der Waals surface area contributed by atoms with Crippen LogP contribution in [0.15, 0.2) is 147 Å². The average molecular weight is 856 g/mol. The number of anilines is 5. The molecule has 1 unspecified atom stereocenters. The van der Waals surface area contributed by atoms with Crippen molar-refractivity contribution in [1.29, 1.82) is 0 Å². The molecule has 0 fully saturated rings. The van der Waals surface area contributed by atoms with Gasteiger partial charge in [0.2, 0.25) is 5.78 Å². The van der Waals surface area contributed by atoms with E-state index < -0.39 is 62.0 Å². The minimum Gasteiger partial charge on any atom is -0.744 e.